The van der Waals surface area contributed by atoms with E-state index in [-0.39, 0.29) is 29.9 Å². The average Bonchev–Trinajstić information content (AvgIpc) is 3.67. The van der Waals surface area contributed by atoms with Gasteiger partial charge < -0.3 is 20.6 Å². The van der Waals surface area contributed by atoms with Crippen molar-refractivity contribution in [3.63, 3.8) is 0 Å². The summed E-state index contributed by atoms with van der Waals surface area (Å²) in [7, 11) is 0. The van der Waals surface area contributed by atoms with E-state index in [1.165, 1.54) is 23.0 Å². The van der Waals surface area contributed by atoms with Gasteiger partial charge in [0, 0.05) is 9.62 Å². The molecule has 3 heterocycles. The molecule has 3 amide bonds. The minimum Gasteiger partial charge on any atom is -0.381 e. The molecule has 0 radical (unpaired) electrons. The van der Waals surface area contributed by atoms with Crippen LogP contribution < -0.4 is 10.6 Å². The maximum absolute atomic E-state index is 13.6. The summed E-state index contributed by atoms with van der Waals surface area (Å²) in [6.45, 7) is 4.19. The first-order valence-corrected chi connectivity index (χ1v) is 14.8. The zero-order chi connectivity index (χ0) is 27.1. The number of hydrogen-bond donors (Lipinski definition) is 4. The van der Waals surface area contributed by atoms with Gasteiger partial charge in [-0.1, -0.05) is 48.2 Å². The molecule has 10 nitrogen and oxygen atoms in total. The van der Waals surface area contributed by atoms with Gasteiger partial charge in [-0.3, -0.25) is 19.5 Å². The maximum atomic E-state index is 13.6. The number of nitrogens with zero attached hydrogens (tertiary/aromatic N) is 3. The van der Waals surface area contributed by atoms with E-state index in [4.69, 9.17) is 0 Å². The number of aliphatic hydroxyl groups excluding tert-OH is 1. The first-order chi connectivity index (χ1) is 18.2. The van der Waals surface area contributed by atoms with E-state index >= 15 is 0 Å². The Bertz CT molecular complexity index is 1210. The molecule has 13 heteroatoms. The average molecular weight is 575 g/mol. The summed E-state index contributed by atoms with van der Waals surface area (Å²) in [6, 6.07) is 11.5. The van der Waals surface area contributed by atoms with E-state index < -0.39 is 28.8 Å². The number of hydrogen-bond acceptors (Lipinski definition) is 9. The molecule has 38 heavy (non-hydrogen) atoms. The highest BCUT2D eigenvalue weighted by atomic mass is 32.2. The van der Waals surface area contributed by atoms with E-state index in [9.17, 15) is 19.5 Å². The summed E-state index contributed by atoms with van der Waals surface area (Å²) < 4.78 is -0.555. The van der Waals surface area contributed by atoms with E-state index in [0.717, 1.165) is 22.2 Å². The van der Waals surface area contributed by atoms with Gasteiger partial charge in [0.25, 0.3) is 5.91 Å². The number of aromatic nitrogens is 3. The van der Waals surface area contributed by atoms with Gasteiger partial charge in [-0.05, 0) is 37.3 Å². The fraction of sp³-hybridized carbons (Fsp3) is 0.400. The van der Waals surface area contributed by atoms with Crippen molar-refractivity contribution in [1.82, 2.24) is 30.7 Å². The molecular weight excluding hydrogens is 545 g/mol. The summed E-state index contributed by atoms with van der Waals surface area (Å²) in [5.41, 5.74) is 0.854. The number of amides is 3. The molecule has 1 fully saturated rings. The first kappa shape index (κ1) is 28.1. The Hall–Kier alpha value is -2.87. The minimum atomic E-state index is -1.55. The quantitative estimate of drug-likeness (QED) is 0.255. The SMILES string of the molecule is CC1(C)SCN(C(=O)[C@@H](O)[C@H](Cc2ccccc2)NC(=O)CSc2nc[nH]n2)[C@@H]1C(=O)NCc1cccs1. The van der Waals surface area contributed by atoms with Crippen molar-refractivity contribution in [2.75, 3.05) is 11.6 Å². The topological polar surface area (TPSA) is 140 Å². The molecular formula is C25H30N6O4S3. The lowest BCUT2D eigenvalue weighted by atomic mass is 9.97. The lowest BCUT2D eigenvalue weighted by molar-refractivity contribution is -0.147. The molecule has 0 aliphatic carbocycles. The van der Waals surface area contributed by atoms with Gasteiger partial charge in [-0.15, -0.1) is 28.2 Å². The molecule has 1 aliphatic heterocycles. The van der Waals surface area contributed by atoms with E-state index in [1.807, 2.05) is 61.7 Å². The normalized spacial score (nSPS) is 18.1. The van der Waals surface area contributed by atoms with Crippen LogP contribution in [0.5, 0.6) is 0 Å². The van der Waals surface area contributed by atoms with Gasteiger partial charge in [0.1, 0.15) is 12.4 Å². The van der Waals surface area contributed by atoms with Crippen LogP contribution in [0.3, 0.4) is 0 Å². The third-order valence-corrected chi connectivity index (χ3v) is 9.21. The Morgan fingerprint density at radius 3 is 2.71 bits per heavy atom. The molecule has 1 saturated heterocycles. The monoisotopic (exact) mass is 574 g/mol. The van der Waals surface area contributed by atoms with Crippen LogP contribution >= 0.6 is 34.9 Å². The molecule has 1 aliphatic rings. The second-order valence-electron chi connectivity index (χ2n) is 9.26. The number of thioether (sulfide) groups is 2. The molecule has 0 unspecified atom stereocenters. The van der Waals surface area contributed by atoms with Gasteiger partial charge in [0.2, 0.25) is 17.0 Å². The molecule has 4 rings (SSSR count). The van der Waals surface area contributed by atoms with Gasteiger partial charge in [0.05, 0.1) is 24.2 Å². The maximum Gasteiger partial charge on any atom is 0.254 e. The van der Waals surface area contributed by atoms with E-state index in [0.29, 0.717) is 11.7 Å². The summed E-state index contributed by atoms with van der Waals surface area (Å²) in [4.78, 5) is 46.1. The van der Waals surface area contributed by atoms with Crippen molar-refractivity contribution < 1.29 is 19.5 Å². The molecule has 0 bridgehead atoms. The largest absolute Gasteiger partial charge is 0.381 e. The number of thiophene rings is 1. The van der Waals surface area contributed by atoms with Crippen LogP contribution in [0.25, 0.3) is 0 Å². The lowest BCUT2D eigenvalue weighted by Crippen LogP contribution is -2.58. The van der Waals surface area contributed by atoms with Crippen LogP contribution in [0, 0.1) is 0 Å². The predicted octanol–water partition coefficient (Wildman–Crippen LogP) is 2.04. The Kier molecular flexibility index (Phi) is 9.47. The van der Waals surface area contributed by atoms with Crippen LogP contribution in [-0.4, -0.2) is 77.5 Å². The Morgan fingerprint density at radius 2 is 2.03 bits per heavy atom. The highest BCUT2D eigenvalue weighted by Gasteiger charge is 2.49. The van der Waals surface area contributed by atoms with Crippen LogP contribution in [0.4, 0.5) is 0 Å². The van der Waals surface area contributed by atoms with Crippen molar-refractivity contribution in [2.45, 2.75) is 54.9 Å². The number of nitrogens with one attached hydrogen (secondary N) is 3. The second kappa shape index (κ2) is 12.8. The smallest absolute Gasteiger partial charge is 0.254 e. The summed E-state index contributed by atoms with van der Waals surface area (Å²) in [5, 5.41) is 25.9. The van der Waals surface area contributed by atoms with E-state index in [2.05, 4.69) is 25.8 Å². The second-order valence-corrected chi connectivity index (χ2v) is 12.8. The number of aromatic amines is 1. The number of carbonyl (C=O) groups is 3. The summed E-state index contributed by atoms with van der Waals surface area (Å²) in [5.74, 6) is -0.964. The molecule has 3 atom stereocenters. The number of carbonyl (C=O) groups excluding carboxylic acids is 3. The van der Waals surface area contributed by atoms with Crippen LogP contribution in [0.1, 0.15) is 24.3 Å². The van der Waals surface area contributed by atoms with Gasteiger partial charge in [-0.25, -0.2) is 4.98 Å². The highest BCUT2D eigenvalue weighted by Crippen LogP contribution is 2.40. The molecule has 202 valence electrons. The van der Waals surface area contributed by atoms with Gasteiger partial charge in [0.15, 0.2) is 6.10 Å². The summed E-state index contributed by atoms with van der Waals surface area (Å²) >= 11 is 4.16. The highest BCUT2D eigenvalue weighted by molar-refractivity contribution is 8.01. The van der Waals surface area contributed by atoms with Crippen molar-refractivity contribution in [3.05, 3.63) is 64.6 Å². The van der Waals surface area contributed by atoms with Crippen LogP contribution in [0.15, 0.2) is 59.3 Å². The Balaban J connectivity index is 1.47. The molecule has 2 aromatic heterocycles. The number of rotatable bonds is 11. The van der Waals surface area contributed by atoms with E-state index in [1.54, 1.807) is 11.3 Å². The van der Waals surface area contributed by atoms with Gasteiger partial charge in [-0.2, -0.15) is 0 Å². The van der Waals surface area contributed by atoms with Crippen molar-refractivity contribution >= 4 is 52.6 Å². The zero-order valence-corrected chi connectivity index (χ0v) is 23.4. The minimum absolute atomic E-state index is 0.0183. The Labute approximate surface area is 233 Å². The number of H-pyrrole nitrogens is 1. The van der Waals surface area contributed by atoms with Crippen LogP contribution in [-0.2, 0) is 27.3 Å². The van der Waals surface area contributed by atoms with Crippen LogP contribution in [0.2, 0.25) is 0 Å². The Morgan fingerprint density at radius 1 is 1.24 bits per heavy atom. The first-order valence-electron chi connectivity index (χ1n) is 12.0. The van der Waals surface area contributed by atoms with Crippen molar-refractivity contribution in [2.24, 2.45) is 0 Å². The zero-order valence-electron chi connectivity index (χ0n) is 21.0. The molecule has 0 spiro atoms. The standard InChI is InChI=1S/C25H30N6O4S3/c1-25(2)21(22(34)26-12-17-9-6-10-36-17)31(15-38-25)23(35)20(33)18(11-16-7-4-3-5-8-16)29-19(32)13-37-24-27-14-28-30-24/h3-10,14,18,20-21,33H,11-13,15H2,1-2H3,(H,26,34)(H,29,32)(H,27,28,30)/t18-,20-,21+/m0/s1. The fourth-order valence-electron chi connectivity index (χ4n) is 4.19. The van der Waals surface area contributed by atoms with Gasteiger partial charge >= 0.3 is 0 Å². The third-order valence-electron chi connectivity index (χ3n) is 6.10. The molecule has 3 aromatic rings. The number of aliphatic hydroxyl groups is 1. The third kappa shape index (κ3) is 7.16. The summed E-state index contributed by atoms with van der Waals surface area (Å²) in [6.07, 6.45) is 0.114. The molecule has 1 aromatic carbocycles. The lowest BCUT2D eigenvalue weighted by Gasteiger charge is -2.33. The molecule has 4 N–H and O–H groups in total. The number of benzene rings is 1. The van der Waals surface area contributed by atoms with Crippen molar-refractivity contribution in [3.8, 4) is 0 Å². The fourth-order valence-corrected chi connectivity index (χ4v) is 6.57. The van der Waals surface area contributed by atoms with Crippen molar-refractivity contribution in [1.29, 1.82) is 0 Å². The predicted molar refractivity (Wildman–Crippen MR) is 149 cm³/mol. The molecule has 0 saturated carbocycles.